The number of aromatic nitrogens is 1. The van der Waals surface area contributed by atoms with Crippen molar-refractivity contribution >= 4 is 17.5 Å². The zero-order valence-electron chi connectivity index (χ0n) is 11.9. The van der Waals surface area contributed by atoms with Gasteiger partial charge in [0.15, 0.2) is 17.5 Å². The number of ketones is 2. The summed E-state index contributed by atoms with van der Waals surface area (Å²) in [6.07, 6.45) is 3.54. The molecule has 1 aromatic heterocycles. The Morgan fingerprint density at radius 2 is 1.70 bits per heavy atom. The number of carbonyl (C=O) groups excluding carboxylic acids is 3. The van der Waals surface area contributed by atoms with E-state index in [1.807, 2.05) is 18.2 Å². The van der Waals surface area contributed by atoms with Crippen molar-refractivity contribution in [3.63, 3.8) is 0 Å². The second kappa shape index (κ2) is 10.8. The Balaban J connectivity index is 0.000000493. The molecule has 0 radical (unpaired) electrons. The summed E-state index contributed by atoms with van der Waals surface area (Å²) in [6.45, 7) is 1.38. The van der Waals surface area contributed by atoms with Gasteiger partial charge >= 0.3 is 5.97 Å². The highest BCUT2D eigenvalue weighted by Crippen LogP contribution is 2.06. The molecule has 0 aliphatic rings. The van der Waals surface area contributed by atoms with Gasteiger partial charge in [0.1, 0.15) is 0 Å². The van der Waals surface area contributed by atoms with E-state index in [2.05, 4.69) is 14.5 Å². The van der Waals surface area contributed by atoms with Gasteiger partial charge in [0.2, 0.25) is 0 Å². The van der Waals surface area contributed by atoms with Crippen molar-refractivity contribution in [1.82, 2.24) is 4.98 Å². The van der Waals surface area contributed by atoms with E-state index in [9.17, 15) is 14.4 Å². The first-order chi connectivity index (χ1) is 9.54. The number of hydrogen-bond acceptors (Lipinski definition) is 6. The van der Waals surface area contributed by atoms with Gasteiger partial charge < -0.3 is 9.47 Å². The normalized spacial score (nSPS) is 10.8. The molecule has 1 atom stereocenters. The molecular weight excluding hydrogens is 262 g/mol. The van der Waals surface area contributed by atoms with Crippen molar-refractivity contribution in [1.29, 1.82) is 0 Å². The molecule has 110 valence electrons. The molecule has 0 aliphatic carbocycles. The Labute approximate surface area is 118 Å². The van der Waals surface area contributed by atoms with Crippen molar-refractivity contribution in [3.05, 3.63) is 30.6 Å². The summed E-state index contributed by atoms with van der Waals surface area (Å²) in [5.74, 6) is -3.07. The number of esters is 1. The average molecular weight is 281 g/mol. The van der Waals surface area contributed by atoms with Crippen LogP contribution < -0.4 is 0 Å². The topological polar surface area (TPSA) is 82.6 Å². The molecule has 1 aromatic rings. The van der Waals surface area contributed by atoms with Crippen molar-refractivity contribution in [2.75, 3.05) is 20.8 Å². The second-order valence-electron chi connectivity index (χ2n) is 3.80. The fourth-order valence-corrected chi connectivity index (χ4v) is 1.30. The number of carbonyl (C=O) groups is 3. The summed E-state index contributed by atoms with van der Waals surface area (Å²) < 4.78 is 9.02. The molecule has 1 heterocycles. The van der Waals surface area contributed by atoms with Crippen LogP contribution in [0.3, 0.4) is 0 Å². The zero-order valence-corrected chi connectivity index (χ0v) is 11.9. The number of pyridine rings is 1. The standard InChI is InChI=1S/C9H14O5.C5H5N/c1-6(10)8(9(12)14-3)7(11)4-5-13-2;1-2-4-6-5-3-1/h8H,4-5H2,1-3H3;1-5H. The van der Waals surface area contributed by atoms with Crippen LogP contribution in [0.5, 0.6) is 0 Å². The molecule has 20 heavy (non-hydrogen) atoms. The maximum atomic E-state index is 11.3. The van der Waals surface area contributed by atoms with Crippen molar-refractivity contribution in [3.8, 4) is 0 Å². The van der Waals surface area contributed by atoms with Gasteiger partial charge in [0.05, 0.1) is 13.7 Å². The first-order valence-corrected chi connectivity index (χ1v) is 5.99. The third-order valence-electron chi connectivity index (χ3n) is 2.28. The van der Waals surface area contributed by atoms with Gasteiger partial charge in [0.25, 0.3) is 0 Å². The summed E-state index contributed by atoms with van der Waals surface area (Å²) in [7, 11) is 2.58. The summed E-state index contributed by atoms with van der Waals surface area (Å²) in [4.78, 5) is 37.2. The Morgan fingerprint density at radius 3 is 2.00 bits per heavy atom. The first-order valence-electron chi connectivity index (χ1n) is 5.99. The van der Waals surface area contributed by atoms with E-state index in [0.717, 1.165) is 7.11 Å². The summed E-state index contributed by atoms with van der Waals surface area (Å²) in [6, 6.07) is 5.72. The minimum atomic E-state index is -1.30. The number of hydrogen-bond donors (Lipinski definition) is 0. The van der Waals surface area contributed by atoms with Gasteiger partial charge in [-0.1, -0.05) is 6.07 Å². The summed E-state index contributed by atoms with van der Waals surface area (Å²) >= 11 is 0. The van der Waals surface area contributed by atoms with Crippen molar-refractivity contribution in [2.24, 2.45) is 5.92 Å². The van der Waals surface area contributed by atoms with Crippen LogP contribution in [0.4, 0.5) is 0 Å². The minimum absolute atomic E-state index is 0.0375. The molecule has 0 bridgehead atoms. The Bertz CT molecular complexity index is 392. The Kier molecular flexibility index (Phi) is 9.68. The number of rotatable bonds is 6. The first kappa shape index (κ1) is 17.9. The fraction of sp³-hybridized carbons (Fsp3) is 0.429. The summed E-state index contributed by atoms with van der Waals surface area (Å²) in [5.41, 5.74) is 0. The molecule has 1 unspecified atom stereocenters. The van der Waals surface area contributed by atoms with E-state index in [0.29, 0.717) is 0 Å². The van der Waals surface area contributed by atoms with Crippen LogP contribution in [-0.4, -0.2) is 43.3 Å². The maximum Gasteiger partial charge on any atom is 0.323 e. The van der Waals surface area contributed by atoms with Crippen molar-refractivity contribution in [2.45, 2.75) is 13.3 Å². The molecule has 0 N–H and O–H groups in total. The second-order valence-corrected chi connectivity index (χ2v) is 3.80. The quantitative estimate of drug-likeness (QED) is 0.572. The maximum absolute atomic E-state index is 11.3. The van der Waals surface area contributed by atoms with E-state index < -0.39 is 23.5 Å². The van der Waals surface area contributed by atoms with Crippen LogP contribution >= 0.6 is 0 Å². The molecule has 0 fully saturated rings. The van der Waals surface area contributed by atoms with Gasteiger partial charge in [-0.15, -0.1) is 0 Å². The SMILES string of the molecule is COCCC(=O)C(C(C)=O)C(=O)OC.c1ccncc1. The number of methoxy groups -OCH3 is 2. The number of Topliss-reactive ketones (excluding diaryl/α,β-unsaturated/α-hetero) is 2. The molecule has 0 saturated carbocycles. The smallest absolute Gasteiger partial charge is 0.323 e. The molecule has 6 nitrogen and oxygen atoms in total. The van der Waals surface area contributed by atoms with Crippen LogP contribution in [0.1, 0.15) is 13.3 Å². The number of ether oxygens (including phenoxy) is 2. The Hall–Kier alpha value is -2.08. The molecule has 1 rings (SSSR count). The lowest BCUT2D eigenvalue weighted by atomic mass is 9.98. The highest BCUT2D eigenvalue weighted by Gasteiger charge is 2.31. The van der Waals surface area contributed by atoms with Crippen LogP contribution in [0.2, 0.25) is 0 Å². The van der Waals surface area contributed by atoms with Gasteiger partial charge in [0, 0.05) is 25.9 Å². The largest absolute Gasteiger partial charge is 0.468 e. The fourth-order valence-electron chi connectivity index (χ4n) is 1.30. The average Bonchev–Trinajstić information content (AvgIpc) is 2.47. The molecule has 0 saturated heterocycles. The lowest BCUT2D eigenvalue weighted by molar-refractivity contribution is -0.152. The van der Waals surface area contributed by atoms with Gasteiger partial charge in [-0.2, -0.15) is 0 Å². The molecule has 0 aliphatic heterocycles. The highest BCUT2D eigenvalue weighted by atomic mass is 16.5. The van der Waals surface area contributed by atoms with Crippen molar-refractivity contribution < 1.29 is 23.9 Å². The lowest BCUT2D eigenvalue weighted by Gasteiger charge is -2.09. The van der Waals surface area contributed by atoms with E-state index in [4.69, 9.17) is 0 Å². The van der Waals surface area contributed by atoms with E-state index in [1.54, 1.807) is 12.4 Å². The predicted molar refractivity (Wildman–Crippen MR) is 71.9 cm³/mol. The van der Waals surface area contributed by atoms with E-state index in [1.165, 1.54) is 14.0 Å². The summed E-state index contributed by atoms with van der Waals surface area (Å²) in [5, 5.41) is 0. The Morgan fingerprint density at radius 1 is 1.10 bits per heavy atom. The highest BCUT2D eigenvalue weighted by molar-refractivity contribution is 6.16. The third kappa shape index (κ3) is 7.38. The molecule has 6 heteroatoms. The van der Waals surface area contributed by atoms with E-state index >= 15 is 0 Å². The van der Waals surface area contributed by atoms with Crippen LogP contribution in [0.15, 0.2) is 30.6 Å². The third-order valence-corrected chi connectivity index (χ3v) is 2.28. The van der Waals surface area contributed by atoms with Crippen LogP contribution in [0, 0.1) is 5.92 Å². The van der Waals surface area contributed by atoms with E-state index in [-0.39, 0.29) is 13.0 Å². The molecular formula is C14H19NO5. The van der Waals surface area contributed by atoms with Gasteiger partial charge in [-0.3, -0.25) is 19.4 Å². The lowest BCUT2D eigenvalue weighted by Crippen LogP contribution is -2.31. The number of nitrogens with zero attached hydrogens (tertiary/aromatic N) is 1. The van der Waals surface area contributed by atoms with Crippen LogP contribution in [-0.2, 0) is 23.9 Å². The minimum Gasteiger partial charge on any atom is -0.468 e. The molecule has 0 amide bonds. The van der Waals surface area contributed by atoms with Gasteiger partial charge in [-0.25, -0.2) is 0 Å². The molecule has 0 aromatic carbocycles. The van der Waals surface area contributed by atoms with Crippen LogP contribution in [0.25, 0.3) is 0 Å². The molecule has 0 spiro atoms. The monoisotopic (exact) mass is 281 g/mol. The predicted octanol–water partition coefficient (Wildman–Crippen LogP) is 1.05. The van der Waals surface area contributed by atoms with Gasteiger partial charge in [-0.05, 0) is 19.1 Å². The zero-order chi connectivity index (χ0) is 15.4.